The van der Waals surface area contributed by atoms with Crippen LogP contribution in [0.2, 0.25) is 0 Å². The molecule has 6 nitrogen and oxygen atoms in total. The summed E-state index contributed by atoms with van der Waals surface area (Å²) >= 11 is 0. The minimum absolute atomic E-state index is 0.0334. The van der Waals surface area contributed by atoms with Gasteiger partial charge in [0.05, 0.1) is 6.42 Å². The number of hydrogen-bond donors (Lipinski definition) is 2. The van der Waals surface area contributed by atoms with Crippen LogP contribution in [0.25, 0.3) is 0 Å². The lowest BCUT2D eigenvalue weighted by Gasteiger charge is -2.46. The molecule has 2 rings (SSSR count). The van der Waals surface area contributed by atoms with Crippen molar-refractivity contribution in [2.24, 2.45) is 5.92 Å². The summed E-state index contributed by atoms with van der Waals surface area (Å²) in [6, 6.07) is 0.154. The lowest BCUT2D eigenvalue weighted by atomic mass is 9.84. The third-order valence-corrected chi connectivity index (χ3v) is 4.48. The molecule has 0 aromatic rings. The second-order valence-corrected chi connectivity index (χ2v) is 6.13. The summed E-state index contributed by atoms with van der Waals surface area (Å²) in [7, 11) is 2.17. The minimum Gasteiger partial charge on any atom is -0.481 e. The molecule has 2 saturated heterocycles. The molecule has 0 spiro atoms. The lowest BCUT2D eigenvalue weighted by Crippen LogP contribution is -2.56. The Morgan fingerprint density at radius 2 is 2.10 bits per heavy atom. The number of urea groups is 1. The third kappa shape index (κ3) is 3.62. The number of nitrogens with one attached hydrogen (secondary N) is 1. The van der Waals surface area contributed by atoms with Crippen LogP contribution in [-0.2, 0) is 4.79 Å². The predicted molar refractivity (Wildman–Crippen MR) is 75.6 cm³/mol. The summed E-state index contributed by atoms with van der Waals surface area (Å²) in [5.41, 5.74) is 0. The number of hydrogen-bond acceptors (Lipinski definition) is 3. The first-order valence-electron chi connectivity index (χ1n) is 7.45. The number of carbonyl (C=O) groups excluding carboxylic acids is 1. The molecule has 0 aromatic carbocycles. The van der Waals surface area contributed by atoms with Gasteiger partial charge in [-0.05, 0) is 45.7 Å². The molecule has 2 heterocycles. The normalized spacial score (nSPS) is 28.6. The molecule has 0 saturated carbocycles. The average Bonchev–Trinajstić information content (AvgIpc) is 2.37. The largest absolute Gasteiger partial charge is 0.481 e. The smallest absolute Gasteiger partial charge is 0.317 e. The van der Waals surface area contributed by atoms with Crippen molar-refractivity contribution in [3.8, 4) is 0 Å². The van der Waals surface area contributed by atoms with Crippen molar-refractivity contribution in [1.29, 1.82) is 0 Å². The molecule has 0 aromatic heterocycles. The quantitative estimate of drug-likeness (QED) is 0.809. The van der Waals surface area contributed by atoms with Crippen LogP contribution in [0.1, 0.15) is 32.6 Å². The van der Waals surface area contributed by atoms with Gasteiger partial charge in [-0.15, -0.1) is 0 Å². The molecule has 6 heteroatoms. The second kappa shape index (κ2) is 6.43. The minimum atomic E-state index is -0.884. The first-order valence-corrected chi connectivity index (χ1v) is 7.45. The molecule has 114 valence electrons. The number of fused-ring (bicyclic) bond motifs is 1. The fraction of sp³-hybridized carbons (Fsp3) is 0.857. The van der Waals surface area contributed by atoms with E-state index in [4.69, 9.17) is 5.11 Å². The van der Waals surface area contributed by atoms with Crippen LogP contribution in [0.5, 0.6) is 0 Å². The van der Waals surface area contributed by atoms with E-state index in [9.17, 15) is 9.59 Å². The molecule has 2 aliphatic heterocycles. The van der Waals surface area contributed by atoms with Crippen molar-refractivity contribution in [3.63, 3.8) is 0 Å². The Morgan fingerprint density at radius 1 is 1.35 bits per heavy atom. The monoisotopic (exact) mass is 283 g/mol. The van der Waals surface area contributed by atoms with E-state index < -0.39 is 5.97 Å². The Hall–Kier alpha value is -1.30. The van der Waals surface area contributed by atoms with Gasteiger partial charge in [0.2, 0.25) is 0 Å². The molecule has 2 N–H and O–H groups in total. The van der Waals surface area contributed by atoms with Crippen molar-refractivity contribution < 1.29 is 14.7 Å². The van der Waals surface area contributed by atoms with Crippen LogP contribution in [0.15, 0.2) is 0 Å². The van der Waals surface area contributed by atoms with E-state index in [0.29, 0.717) is 12.0 Å². The van der Waals surface area contributed by atoms with Gasteiger partial charge in [-0.2, -0.15) is 0 Å². The zero-order valence-electron chi connectivity index (χ0n) is 12.3. The van der Waals surface area contributed by atoms with Gasteiger partial charge in [0.15, 0.2) is 0 Å². The molecule has 2 fully saturated rings. The molecule has 0 aliphatic carbocycles. The van der Waals surface area contributed by atoms with Crippen LogP contribution < -0.4 is 5.32 Å². The summed E-state index contributed by atoms with van der Waals surface area (Å²) < 4.78 is 0. The van der Waals surface area contributed by atoms with Gasteiger partial charge in [0.1, 0.15) is 0 Å². The number of amides is 2. The Bertz CT molecular complexity index is 375. The molecule has 2 aliphatic rings. The second-order valence-electron chi connectivity index (χ2n) is 6.13. The third-order valence-electron chi connectivity index (χ3n) is 4.48. The van der Waals surface area contributed by atoms with E-state index in [2.05, 4.69) is 17.3 Å². The van der Waals surface area contributed by atoms with E-state index in [1.807, 2.05) is 4.90 Å². The Kier molecular flexibility index (Phi) is 4.86. The van der Waals surface area contributed by atoms with E-state index in [-0.39, 0.29) is 18.5 Å². The molecule has 2 amide bonds. The van der Waals surface area contributed by atoms with Crippen molar-refractivity contribution in [2.75, 3.05) is 26.7 Å². The Balaban J connectivity index is 1.85. The molecule has 0 bridgehead atoms. The number of likely N-dealkylation sites (tertiary alicyclic amines) is 2. The van der Waals surface area contributed by atoms with Gasteiger partial charge >= 0.3 is 12.0 Å². The standard InChI is InChI=1S/C14H25N3O3/c1-10(8-13(18)19)15-14(20)17-7-5-12-11(9-17)4-3-6-16(12)2/h10-12H,3-9H2,1-2H3,(H,15,20)(H,18,19). The highest BCUT2D eigenvalue weighted by atomic mass is 16.4. The average molecular weight is 283 g/mol. The number of carboxylic acids is 1. The first kappa shape index (κ1) is 15.1. The van der Waals surface area contributed by atoms with Gasteiger partial charge in [-0.25, -0.2) is 4.79 Å². The molecule has 3 unspecified atom stereocenters. The van der Waals surface area contributed by atoms with E-state index in [0.717, 1.165) is 26.1 Å². The molecule has 0 radical (unpaired) electrons. The summed E-state index contributed by atoms with van der Waals surface area (Å²) in [5.74, 6) is -0.326. The fourth-order valence-corrected chi connectivity index (χ4v) is 3.45. The van der Waals surface area contributed by atoms with E-state index in [1.165, 1.54) is 12.8 Å². The number of carboxylic acid groups (broad SMARTS) is 1. The van der Waals surface area contributed by atoms with Gasteiger partial charge in [-0.3, -0.25) is 4.79 Å². The Labute approximate surface area is 120 Å². The number of nitrogens with zero attached hydrogens (tertiary/aromatic N) is 2. The van der Waals surface area contributed by atoms with E-state index >= 15 is 0 Å². The summed E-state index contributed by atoms with van der Waals surface area (Å²) in [6.07, 6.45) is 3.36. The van der Waals surface area contributed by atoms with Crippen molar-refractivity contribution in [3.05, 3.63) is 0 Å². The highest BCUT2D eigenvalue weighted by Gasteiger charge is 2.35. The number of aliphatic carboxylic acids is 1. The summed E-state index contributed by atoms with van der Waals surface area (Å²) in [6.45, 7) is 4.44. The molecular formula is C14H25N3O3. The highest BCUT2D eigenvalue weighted by molar-refractivity contribution is 5.76. The maximum Gasteiger partial charge on any atom is 0.317 e. The maximum atomic E-state index is 12.2. The predicted octanol–water partition coefficient (Wildman–Crippen LogP) is 0.975. The maximum absolute atomic E-state index is 12.2. The molecular weight excluding hydrogens is 258 g/mol. The van der Waals surface area contributed by atoms with Crippen LogP contribution in [0.4, 0.5) is 4.79 Å². The SMILES string of the molecule is CC(CC(=O)O)NC(=O)N1CCC2C(CCCN2C)C1. The van der Waals surface area contributed by atoms with Crippen molar-refractivity contribution in [1.82, 2.24) is 15.1 Å². The lowest BCUT2D eigenvalue weighted by molar-refractivity contribution is -0.137. The summed E-state index contributed by atoms with van der Waals surface area (Å²) in [4.78, 5) is 27.0. The number of rotatable bonds is 3. The number of piperidine rings is 2. The Morgan fingerprint density at radius 3 is 2.80 bits per heavy atom. The van der Waals surface area contributed by atoms with Crippen LogP contribution in [0, 0.1) is 5.92 Å². The first-order chi connectivity index (χ1) is 9.47. The van der Waals surface area contributed by atoms with Gasteiger partial charge in [0, 0.05) is 25.2 Å². The van der Waals surface area contributed by atoms with Crippen LogP contribution >= 0.6 is 0 Å². The molecule has 3 atom stereocenters. The van der Waals surface area contributed by atoms with Crippen molar-refractivity contribution >= 4 is 12.0 Å². The molecule has 20 heavy (non-hydrogen) atoms. The van der Waals surface area contributed by atoms with Crippen LogP contribution in [0.3, 0.4) is 0 Å². The zero-order chi connectivity index (χ0) is 14.7. The van der Waals surface area contributed by atoms with E-state index in [1.54, 1.807) is 6.92 Å². The number of carbonyl (C=O) groups is 2. The van der Waals surface area contributed by atoms with Gasteiger partial charge < -0.3 is 20.2 Å². The fourth-order valence-electron chi connectivity index (χ4n) is 3.45. The highest BCUT2D eigenvalue weighted by Crippen LogP contribution is 2.29. The van der Waals surface area contributed by atoms with Gasteiger partial charge in [0.25, 0.3) is 0 Å². The summed E-state index contributed by atoms with van der Waals surface area (Å²) in [5, 5.41) is 11.5. The van der Waals surface area contributed by atoms with Crippen molar-refractivity contribution in [2.45, 2.75) is 44.7 Å². The zero-order valence-corrected chi connectivity index (χ0v) is 12.3. The van der Waals surface area contributed by atoms with Crippen LogP contribution in [-0.4, -0.2) is 65.7 Å². The van der Waals surface area contributed by atoms with Gasteiger partial charge in [-0.1, -0.05) is 0 Å². The topological polar surface area (TPSA) is 72.9 Å².